The van der Waals surface area contributed by atoms with Crippen molar-refractivity contribution in [3.63, 3.8) is 0 Å². The number of carbonyl (C=O) groups excluding carboxylic acids is 1. The molecule has 1 aromatic rings. The van der Waals surface area contributed by atoms with Crippen molar-refractivity contribution in [2.75, 3.05) is 11.9 Å². The van der Waals surface area contributed by atoms with Crippen LogP contribution in [-0.4, -0.2) is 19.0 Å². The van der Waals surface area contributed by atoms with Gasteiger partial charge >= 0.3 is 0 Å². The second-order valence-corrected chi connectivity index (χ2v) is 5.48. The van der Waals surface area contributed by atoms with Gasteiger partial charge in [-0.1, -0.05) is 19.9 Å². The number of anilines is 1. The Morgan fingerprint density at radius 2 is 1.72 bits per heavy atom. The summed E-state index contributed by atoms with van der Waals surface area (Å²) in [6.07, 6.45) is 0.716. The van der Waals surface area contributed by atoms with Crippen LogP contribution in [-0.2, 0) is 4.79 Å². The summed E-state index contributed by atoms with van der Waals surface area (Å²) in [4.78, 5) is 13.9. The summed E-state index contributed by atoms with van der Waals surface area (Å²) in [5, 5.41) is 0. The molecular formula is C15H24N2O. The number of aryl methyl sites for hydroxylation is 2. The Morgan fingerprint density at radius 3 is 2.17 bits per heavy atom. The first-order valence-electron chi connectivity index (χ1n) is 6.42. The van der Waals surface area contributed by atoms with E-state index in [-0.39, 0.29) is 5.91 Å². The fourth-order valence-electron chi connectivity index (χ4n) is 2.13. The molecule has 3 nitrogen and oxygen atoms in total. The predicted octanol–water partition coefficient (Wildman–Crippen LogP) is 2.64. The molecule has 0 aromatic heterocycles. The van der Waals surface area contributed by atoms with Crippen molar-refractivity contribution in [1.82, 2.24) is 0 Å². The number of likely N-dealkylation sites (N-methyl/N-ethyl adjacent to an activating group) is 1. The van der Waals surface area contributed by atoms with E-state index in [0.717, 1.165) is 16.8 Å². The SMILES string of the molecule is Cc1cc(C)cc(N(C)C(=O)[C@H](N)CC(C)C)c1. The molecule has 1 amide bonds. The minimum absolute atomic E-state index is 0.0197. The van der Waals surface area contributed by atoms with Gasteiger partial charge in [-0.2, -0.15) is 0 Å². The Kier molecular flexibility index (Phi) is 4.91. The van der Waals surface area contributed by atoms with Crippen LogP contribution in [0, 0.1) is 19.8 Å². The minimum atomic E-state index is -0.421. The molecule has 0 aliphatic carbocycles. The standard InChI is InChI=1S/C15H24N2O/c1-10(2)6-14(16)15(18)17(5)13-8-11(3)7-12(4)9-13/h7-10,14H,6,16H2,1-5H3/t14-/m1/s1. The molecule has 0 aliphatic heterocycles. The summed E-state index contributed by atoms with van der Waals surface area (Å²) in [6, 6.07) is 5.69. The van der Waals surface area contributed by atoms with Crippen LogP contribution in [0.3, 0.4) is 0 Å². The molecule has 18 heavy (non-hydrogen) atoms. The normalized spacial score (nSPS) is 12.6. The summed E-state index contributed by atoms with van der Waals surface area (Å²) < 4.78 is 0. The first-order chi connectivity index (χ1) is 8.31. The molecule has 1 rings (SSSR count). The smallest absolute Gasteiger partial charge is 0.243 e. The van der Waals surface area contributed by atoms with Crippen molar-refractivity contribution in [3.8, 4) is 0 Å². The summed E-state index contributed by atoms with van der Waals surface area (Å²) in [5.41, 5.74) is 9.16. The number of carbonyl (C=O) groups is 1. The highest BCUT2D eigenvalue weighted by Crippen LogP contribution is 2.19. The Hall–Kier alpha value is -1.35. The van der Waals surface area contributed by atoms with Crippen molar-refractivity contribution < 1.29 is 4.79 Å². The van der Waals surface area contributed by atoms with Crippen LogP contribution >= 0.6 is 0 Å². The molecule has 3 heteroatoms. The molecule has 1 aromatic carbocycles. The molecule has 1 atom stereocenters. The van der Waals surface area contributed by atoms with Gasteiger partial charge in [0.05, 0.1) is 6.04 Å². The van der Waals surface area contributed by atoms with Gasteiger partial charge < -0.3 is 10.6 Å². The second-order valence-electron chi connectivity index (χ2n) is 5.48. The van der Waals surface area contributed by atoms with Crippen molar-refractivity contribution in [3.05, 3.63) is 29.3 Å². The zero-order valence-corrected chi connectivity index (χ0v) is 12.0. The van der Waals surface area contributed by atoms with Crippen LogP contribution in [0.5, 0.6) is 0 Å². The zero-order valence-electron chi connectivity index (χ0n) is 12.0. The molecule has 0 unspecified atom stereocenters. The van der Waals surface area contributed by atoms with Gasteiger partial charge in [0.1, 0.15) is 0 Å². The number of hydrogen-bond donors (Lipinski definition) is 1. The number of nitrogens with zero attached hydrogens (tertiary/aromatic N) is 1. The van der Waals surface area contributed by atoms with Gasteiger partial charge in [-0.25, -0.2) is 0 Å². The van der Waals surface area contributed by atoms with E-state index in [1.165, 1.54) is 0 Å². The van der Waals surface area contributed by atoms with Gasteiger partial charge in [0.15, 0.2) is 0 Å². The maximum Gasteiger partial charge on any atom is 0.243 e. The fraction of sp³-hybridized carbons (Fsp3) is 0.533. The van der Waals surface area contributed by atoms with E-state index < -0.39 is 6.04 Å². The van der Waals surface area contributed by atoms with E-state index in [1.807, 2.05) is 26.0 Å². The lowest BCUT2D eigenvalue weighted by Gasteiger charge is -2.23. The lowest BCUT2D eigenvalue weighted by molar-refractivity contribution is -0.119. The quantitative estimate of drug-likeness (QED) is 0.890. The minimum Gasteiger partial charge on any atom is -0.320 e. The van der Waals surface area contributed by atoms with Gasteiger partial charge in [0, 0.05) is 12.7 Å². The number of rotatable bonds is 4. The van der Waals surface area contributed by atoms with Crippen molar-refractivity contribution in [2.24, 2.45) is 11.7 Å². The molecule has 0 saturated heterocycles. The van der Waals surface area contributed by atoms with Crippen LogP contribution in [0.1, 0.15) is 31.4 Å². The largest absolute Gasteiger partial charge is 0.320 e. The molecule has 0 radical (unpaired) electrons. The number of benzene rings is 1. The van der Waals surface area contributed by atoms with Crippen LogP contribution in [0.15, 0.2) is 18.2 Å². The highest BCUT2D eigenvalue weighted by molar-refractivity contribution is 5.96. The first-order valence-corrected chi connectivity index (χ1v) is 6.42. The summed E-state index contributed by atoms with van der Waals surface area (Å²) in [7, 11) is 1.79. The molecular weight excluding hydrogens is 224 g/mol. The highest BCUT2D eigenvalue weighted by Gasteiger charge is 2.20. The molecule has 0 saturated carbocycles. The number of amides is 1. The molecule has 0 heterocycles. The second kappa shape index (κ2) is 6.01. The average molecular weight is 248 g/mol. The summed E-state index contributed by atoms with van der Waals surface area (Å²) in [5.74, 6) is 0.408. The lowest BCUT2D eigenvalue weighted by atomic mass is 10.0. The third-order valence-electron chi connectivity index (χ3n) is 2.97. The third-order valence-corrected chi connectivity index (χ3v) is 2.97. The summed E-state index contributed by atoms with van der Waals surface area (Å²) in [6.45, 7) is 8.21. The maximum absolute atomic E-state index is 12.2. The topological polar surface area (TPSA) is 46.3 Å². The summed E-state index contributed by atoms with van der Waals surface area (Å²) >= 11 is 0. The molecule has 0 fully saturated rings. The first kappa shape index (κ1) is 14.7. The van der Waals surface area contributed by atoms with Gasteiger partial charge in [0.2, 0.25) is 5.91 Å². The number of nitrogens with two attached hydrogens (primary N) is 1. The van der Waals surface area contributed by atoms with Crippen molar-refractivity contribution in [2.45, 2.75) is 40.2 Å². The Labute approximate surface area is 110 Å². The monoisotopic (exact) mass is 248 g/mol. The van der Waals surface area contributed by atoms with E-state index in [1.54, 1.807) is 11.9 Å². The maximum atomic E-state index is 12.2. The third kappa shape index (κ3) is 3.84. The Balaban J connectivity index is 2.85. The lowest BCUT2D eigenvalue weighted by Crippen LogP contribution is -2.42. The van der Waals surface area contributed by atoms with E-state index in [2.05, 4.69) is 19.9 Å². The predicted molar refractivity (Wildman–Crippen MR) is 76.8 cm³/mol. The zero-order chi connectivity index (χ0) is 13.9. The van der Waals surface area contributed by atoms with Gasteiger partial charge in [-0.3, -0.25) is 4.79 Å². The van der Waals surface area contributed by atoms with Gasteiger partial charge in [0.25, 0.3) is 0 Å². The molecule has 100 valence electrons. The van der Waals surface area contributed by atoms with Crippen LogP contribution in [0.2, 0.25) is 0 Å². The van der Waals surface area contributed by atoms with Crippen molar-refractivity contribution >= 4 is 11.6 Å². The number of hydrogen-bond acceptors (Lipinski definition) is 2. The van der Waals surface area contributed by atoms with Crippen molar-refractivity contribution in [1.29, 1.82) is 0 Å². The Morgan fingerprint density at radius 1 is 1.22 bits per heavy atom. The van der Waals surface area contributed by atoms with Gasteiger partial charge in [-0.05, 0) is 49.4 Å². The van der Waals surface area contributed by atoms with E-state index in [4.69, 9.17) is 5.73 Å². The van der Waals surface area contributed by atoms with Crippen LogP contribution in [0.25, 0.3) is 0 Å². The average Bonchev–Trinajstić information content (AvgIpc) is 2.24. The van der Waals surface area contributed by atoms with E-state index in [9.17, 15) is 4.79 Å². The van der Waals surface area contributed by atoms with Gasteiger partial charge in [-0.15, -0.1) is 0 Å². The Bertz CT molecular complexity index is 406. The fourth-order valence-corrected chi connectivity index (χ4v) is 2.13. The molecule has 2 N–H and O–H groups in total. The molecule has 0 aliphatic rings. The van der Waals surface area contributed by atoms with E-state index >= 15 is 0 Å². The van der Waals surface area contributed by atoms with Crippen LogP contribution in [0.4, 0.5) is 5.69 Å². The molecule has 0 spiro atoms. The molecule has 0 bridgehead atoms. The van der Waals surface area contributed by atoms with Crippen LogP contribution < -0.4 is 10.6 Å². The highest BCUT2D eigenvalue weighted by atomic mass is 16.2. The van der Waals surface area contributed by atoms with E-state index in [0.29, 0.717) is 12.3 Å².